The standard InChI is InChI=1S/C60H108N2O5/c1-8-10-11-12-13-14-15-16-17-18-19-20-21-22-23-24-40-65-47-53(46-62-39-35-50(45-62)26-9-2)66-43-42-64-41-38-61-58(63)67-52-33-36-59(6)51(44-52)29-30-54-56-32-31-55(49(5)28-25-27-48(3)4)60(56,7)37-34-57(54)59/h16-17,29,48-50,52-57H,8-15,18-28,30-47H2,1-7H3,(H,61,63)/b17-16-/t49-,50?,52+,53?,54?,55-,56?,57?,59+,60-/m1/s1. The lowest BCUT2D eigenvalue weighted by atomic mass is 9.47. The van der Waals surface area contributed by atoms with Gasteiger partial charge in [0, 0.05) is 32.7 Å². The minimum atomic E-state index is -0.304. The summed E-state index contributed by atoms with van der Waals surface area (Å²) in [6, 6.07) is 0. The summed E-state index contributed by atoms with van der Waals surface area (Å²) in [7, 11) is 0. The Bertz CT molecular complexity index is 1400. The summed E-state index contributed by atoms with van der Waals surface area (Å²) >= 11 is 0. The molecule has 7 heteroatoms. The number of allylic oxidation sites excluding steroid dienone is 3. The quantitative estimate of drug-likeness (QED) is 0.0504. The van der Waals surface area contributed by atoms with Gasteiger partial charge < -0.3 is 29.2 Å². The first-order valence-corrected chi connectivity index (χ1v) is 29.4. The van der Waals surface area contributed by atoms with Gasteiger partial charge >= 0.3 is 6.09 Å². The lowest BCUT2D eigenvalue weighted by molar-refractivity contribution is -0.0582. The van der Waals surface area contributed by atoms with Crippen LogP contribution in [-0.4, -0.2) is 82.4 Å². The summed E-state index contributed by atoms with van der Waals surface area (Å²) in [6.45, 7) is 23.9. The summed E-state index contributed by atoms with van der Waals surface area (Å²) < 4.78 is 24.6. The first-order chi connectivity index (χ1) is 32.6. The second-order valence-corrected chi connectivity index (χ2v) is 23.8. The molecule has 0 bridgehead atoms. The molecule has 4 aliphatic carbocycles. The first-order valence-electron chi connectivity index (χ1n) is 29.4. The summed E-state index contributed by atoms with van der Waals surface area (Å²) in [5.41, 5.74) is 2.36. The smallest absolute Gasteiger partial charge is 0.407 e. The van der Waals surface area contributed by atoms with Gasteiger partial charge in [-0.1, -0.05) is 156 Å². The highest BCUT2D eigenvalue weighted by molar-refractivity contribution is 5.67. The zero-order valence-electron chi connectivity index (χ0n) is 45.1. The van der Waals surface area contributed by atoms with Gasteiger partial charge in [0.15, 0.2) is 0 Å². The molecule has 5 aliphatic rings. The predicted molar refractivity (Wildman–Crippen MR) is 282 cm³/mol. The largest absolute Gasteiger partial charge is 0.446 e. The molecule has 5 unspecified atom stereocenters. The number of alkyl carbamates (subject to hydrolysis) is 1. The number of amides is 1. The van der Waals surface area contributed by atoms with E-state index < -0.39 is 0 Å². The molecule has 0 aromatic rings. The minimum Gasteiger partial charge on any atom is -0.446 e. The van der Waals surface area contributed by atoms with Crippen molar-refractivity contribution in [2.45, 2.75) is 240 Å². The van der Waals surface area contributed by atoms with Gasteiger partial charge in [-0.05, 0) is 149 Å². The second-order valence-electron chi connectivity index (χ2n) is 23.8. The zero-order chi connectivity index (χ0) is 47.7. The van der Waals surface area contributed by atoms with E-state index in [1.54, 1.807) is 5.57 Å². The molecule has 1 saturated heterocycles. The molecule has 4 fully saturated rings. The van der Waals surface area contributed by atoms with Crippen LogP contribution in [0.2, 0.25) is 0 Å². The third-order valence-electron chi connectivity index (χ3n) is 18.3. The maximum Gasteiger partial charge on any atom is 0.407 e. The molecule has 0 radical (unpaired) electrons. The molecule has 67 heavy (non-hydrogen) atoms. The molecule has 0 aromatic carbocycles. The summed E-state index contributed by atoms with van der Waals surface area (Å²) in [5, 5.41) is 2.98. The van der Waals surface area contributed by atoms with Crippen LogP contribution in [0, 0.1) is 52.3 Å². The maximum absolute atomic E-state index is 13.0. The Hall–Kier alpha value is -1.41. The third kappa shape index (κ3) is 18.6. The van der Waals surface area contributed by atoms with Crippen LogP contribution < -0.4 is 5.32 Å². The number of carbonyl (C=O) groups is 1. The third-order valence-corrected chi connectivity index (χ3v) is 18.3. The van der Waals surface area contributed by atoms with Gasteiger partial charge in [-0.2, -0.15) is 0 Å². The van der Waals surface area contributed by atoms with Gasteiger partial charge in [-0.15, -0.1) is 0 Å². The van der Waals surface area contributed by atoms with Crippen LogP contribution in [0.1, 0.15) is 228 Å². The van der Waals surface area contributed by atoms with Crippen molar-refractivity contribution in [3.8, 4) is 0 Å². The van der Waals surface area contributed by atoms with Gasteiger partial charge in [0.2, 0.25) is 0 Å². The van der Waals surface area contributed by atoms with E-state index in [2.05, 4.69) is 76.9 Å². The lowest BCUT2D eigenvalue weighted by Gasteiger charge is -2.58. The van der Waals surface area contributed by atoms with Gasteiger partial charge in [-0.25, -0.2) is 4.79 Å². The van der Waals surface area contributed by atoms with E-state index in [0.29, 0.717) is 38.4 Å². The van der Waals surface area contributed by atoms with Crippen molar-refractivity contribution in [1.29, 1.82) is 0 Å². The number of rotatable bonds is 35. The average molecular weight is 938 g/mol. The molecule has 1 heterocycles. The van der Waals surface area contributed by atoms with E-state index >= 15 is 0 Å². The Kier molecular flexibility index (Phi) is 26.3. The number of likely N-dealkylation sites (tertiary alicyclic amines) is 1. The molecule has 10 atom stereocenters. The highest BCUT2D eigenvalue weighted by Gasteiger charge is 2.59. The van der Waals surface area contributed by atoms with Gasteiger partial charge in [0.05, 0.1) is 32.5 Å². The molecular weight excluding hydrogens is 829 g/mol. The maximum atomic E-state index is 13.0. The number of nitrogens with zero attached hydrogens (tertiary/aromatic N) is 1. The zero-order valence-corrected chi connectivity index (χ0v) is 45.1. The Labute approximate surface area is 414 Å². The number of hydrogen-bond acceptors (Lipinski definition) is 6. The van der Waals surface area contributed by atoms with Gasteiger partial charge in [0.1, 0.15) is 6.10 Å². The van der Waals surface area contributed by atoms with Crippen molar-refractivity contribution in [2.75, 3.05) is 59.2 Å². The molecule has 388 valence electrons. The van der Waals surface area contributed by atoms with E-state index in [4.69, 9.17) is 18.9 Å². The summed E-state index contributed by atoms with van der Waals surface area (Å²) in [6.07, 6.45) is 43.6. The average Bonchev–Trinajstić information content (AvgIpc) is 3.91. The lowest BCUT2D eigenvalue weighted by Crippen LogP contribution is -2.51. The second kappa shape index (κ2) is 31.1. The molecule has 7 nitrogen and oxygen atoms in total. The van der Waals surface area contributed by atoms with E-state index in [9.17, 15) is 4.79 Å². The normalized spacial score (nSPS) is 29.5. The molecule has 3 saturated carbocycles. The Morgan fingerprint density at radius 3 is 2.27 bits per heavy atom. The number of hydrogen-bond donors (Lipinski definition) is 1. The number of nitrogens with one attached hydrogen (secondary N) is 1. The van der Waals surface area contributed by atoms with Crippen LogP contribution in [0.5, 0.6) is 0 Å². The molecule has 1 amide bonds. The van der Waals surface area contributed by atoms with Crippen LogP contribution in [0.3, 0.4) is 0 Å². The molecule has 5 rings (SSSR count). The van der Waals surface area contributed by atoms with E-state index in [1.165, 1.54) is 161 Å². The SMILES string of the molecule is CCCCCCCC/C=C\CCCCCCCCOCC(CN1CCC(CCC)C1)OCCOCCNC(=O)O[C@H]1CC[C@@]2(C)C(=CCC3C2CC[C@@]2(C)C3CC[C@@H]2[C@H](C)CCCC(C)C)C1. The topological polar surface area (TPSA) is 69.3 Å². The Balaban J connectivity index is 0.916. The fourth-order valence-electron chi connectivity index (χ4n) is 14.4. The minimum absolute atomic E-state index is 0.0319. The number of ether oxygens (including phenoxy) is 4. The molecule has 0 spiro atoms. The fourth-order valence-corrected chi connectivity index (χ4v) is 14.4. The van der Waals surface area contributed by atoms with Crippen molar-refractivity contribution in [1.82, 2.24) is 10.2 Å². The Morgan fingerprint density at radius 2 is 1.52 bits per heavy atom. The number of unbranched alkanes of at least 4 members (excludes halogenated alkanes) is 12. The number of fused-ring (bicyclic) bond motifs is 5. The van der Waals surface area contributed by atoms with E-state index in [1.807, 2.05) is 0 Å². The van der Waals surface area contributed by atoms with Crippen LogP contribution in [-0.2, 0) is 18.9 Å². The van der Waals surface area contributed by atoms with Crippen molar-refractivity contribution in [3.63, 3.8) is 0 Å². The summed E-state index contributed by atoms with van der Waals surface area (Å²) in [5.74, 6) is 5.86. The van der Waals surface area contributed by atoms with Gasteiger partial charge in [-0.3, -0.25) is 0 Å². The first kappa shape index (κ1) is 56.5. The van der Waals surface area contributed by atoms with Crippen molar-refractivity contribution < 1.29 is 23.7 Å². The molecule has 1 N–H and O–H groups in total. The van der Waals surface area contributed by atoms with E-state index in [0.717, 1.165) is 86.8 Å². The molecule has 1 aliphatic heterocycles. The van der Waals surface area contributed by atoms with Crippen molar-refractivity contribution in [3.05, 3.63) is 23.8 Å². The highest BCUT2D eigenvalue weighted by atomic mass is 16.6. The monoisotopic (exact) mass is 937 g/mol. The van der Waals surface area contributed by atoms with E-state index in [-0.39, 0.29) is 23.7 Å². The predicted octanol–water partition coefficient (Wildman–Crippen LogP) is 15.7. The molecular formula is C60H108N2O5. The van der Waals surface area contributed by atoms with Gasteiger partial charge in [0.25, 0.3) is 0 Å². The summed E-state index contributed by atoms with van der Waals surface area (Å²) in [4.78, 5) is 15.6. The number of carbonyl (C=O) groups excluding carboxylic acids is 1. The van der Waals surface area contributed by atoms with Crippen LogP contribution in [0.4, 0.5) is 4.79 Å². The Morgan fingerprint density at radius 1 is 0.776 bits per heavy atom. The fraction of sp³-hybridized carbons (Fsp3) is 0.917. The van der Waals surface area contributed by atoms with Crippen molar-refractivity contribution in [2.24, 2.45) is 52.3 Å². The van der Waals surface area contributed by atoms with Crippen molar-refractivity contribution >= 4 is 6.09 Å². The highest BCUT2D eigenvalue weighted by Crippen LogP contribution is 2.67. The van der Waals surface area contributed by atoms with Crippen LogP contribution in [0.25, 0.3) is 0 Å². The van der Waals surface area contributed by atoms with Crippen LogP contribution in [0.15, 0.2) is 23.8 Å². The van der Waals surface area contributed by atoms with Crippen LogP contribution >= 0.6 is 0 Å². The molecule has 0 aromatic heterocycles.